The van der Waals surface area contributed by atoms with Crippen molar-refractivity contribution in [2.75, 3.05) is 0 Å². The van der Waals surface area contributed by atoms with Gasteiger partial charge in [-0.15, -0.1) is 0 Å². The number of rotatable bonds is 3. The van der Waals surface area contributed by atoms with Crippen molar-refractivity contribution in [3.05, 3.63) is 23.8 Å². The lowest BCUT2D eigenvalue weighted by Gasteiger charge is -2.58. The van der Waals surface area contributed by atoms with Gasteiger partial charge in [0.1, 0.15) is 0 Å². The second kappa shape index (κ2) is 6.71. The fraction of sp³-hybridized carbons (Fsp3) is 0.760. The summed E-state index contributed by atoms with van der Waals surface area (Å²) in [5, 5.41) is 0. The Morgan fingerprint density at radius 2 is 1.89 bits per heavy atom. The number of hydrogen-bond donors (Lipinski definition) is 0. The fourth-order valence-corrected chi connectivity index (χ4v) is 7.88. The third-order valence-corrected chi connectivity index (χ3v) is 9.30. The first-order chi connectivity index (χ1) is 12.8. The minimum atomic E-state index is 0.164. The molecule has 4 aliphatic rings. The maximum atomic E-state index is 12.0. The van der Waals surface area contributed by atoms with Crippen LogP contribution >= 0.6 is 0 Å². The zero-order valence-electron chi connectivity index (χ0n) is 17.6. The van der Waals surface area contributed by atoms with Crippen LogP contribution in [0.5, 0.6) is 0 Å². The van der Waals surface area contributed by atoms with Gasteiger partial charge in [-0.3, -0.25) is 9.59 Å². The molecule has 0 heterocycles. The molecule has 0 aromatic carbocycles. The van der Waals surface area contributed by atoms with Crippen LogP contribution in [0.15, 0.2) is 23.8 Å². The highest BCUT2D eigenvalue weighted by Gasteiger charge is 2.59. The maximum absolute atomic E-state index is 12.0. The van der Waals surface area contributed by atoms with Gasteiger partial charge in [-0.05, 0) is 104 Å². The van der Waals surface area contributed by atoms with Crippen LogP contribution in [0.25, 0.3) is 0 Å². The predicted octanol–water partition coefficient (Wildman–Crippen LogP) is 5.92. The zero-order chi connectivity index (χ0) is 19.4. The SMILES string of the molecule is CC(=O)/C=C/[C@@H](C)[C@H]1CC[C@H]2[C@@H]3CCC4=CC(=O)CC[C@]4(C)[C@@H]3CC[C@]12C. The Balaban J connectivity index is 1.58. The van der Waals surface area contributed by atoms with Crippen molar-refractivity contribution in [2.24, 2.45) is 40.4 Å². The van der Waals surface area contributed by atoms with Crippen LogP contribution in [-0.2, 0) is 9.59 Å². The lowest BCUT2D eigenvalue weighted by atomic mass is 9.46. The van der Waals surface area contributed by atoms with Gasteiger partial charge in [-0.1, -0.05) is 32.4 Å². The van der Waals surface area contributed by atoms with Crippen molar-refractivity contribution in [3.63, 3.8) is 0 Å². The summed E-state index contributed by atoms with van der Waals surface area (Å²) in [6.45, 7) is 8.99. The zero-order valence-corrected chi connectivity index (χ0v) is 17.6. The van der Waals surface area contributed by atoms with Crippen LogP contribution < -0.4 is 0 Å². The lowest BCUT2D eigenvalue weighted by Crippen LogP contribution is -2.50. The van der Waals surface area contributed by atoms with Gasteiger partial charge in [-0.25, -0.2) is 0 Å². The van der Waals surface area contributed by atoms with Crippen molar-refractivity contribution >= 4 is 11.6 Å². The standard InChI is InChI=1S/C25H36O2/c1-16(5-6-17(2)26)21-9-10-22-20-8-7-18-15-19(27)11-13-24(18,3)23(20)12-14-25(21,22)4/h5-6,15-16,20-23H,7-14H2,1-4H3/b6-5+/t16-,20+,21-,22+,23-,24+,25-/m1/s1. The van der Waals surface area contributed by atoms with E-state index in [0.717, 1.165) is 37.0 Å². The lowest BCUT2D eigenvalue weighted by molar-refractivity contribution is -0.117. The monoisotopic (exact) mass is 368 g/mol. The maximum Gasteiger partial charge on any atom is 0.155 e. The molecule has 0 aromatic heterocycles. The predicted molar refractivity (Wildman–Crippen MR) is 109 cm³/mol. The Bertz CT molecular complexity index is 701. The molecule has 0 N–H and O–H groups in total. The number of fused-ring (bicyclic) bond motifs is 5. The Kier molecular flexibility index (Phi) is 4.76. The summed E-state index contributed by atoms with van der Waals surface area (Å²) in [5.74, 6) is 4.13. The average Bonchev–Trinajstić information content (AvgIpc) is 2.97. The van der Waals surface area contributed by atoms with E-state index in [1.54, 1.807) is 13.0 Å². The van der Waals surface area contributed by atoms with E-state index >= 15 is 0 Å². The molecule has 0 spiro atoms. The number of carbonyl (C=O) groups excluding carboxylic acids is 2. The number of hydrogen-bond acceptors (Lipinski definition) is 2. The Labute approximate surface area is 164 Å². The van der Waals surface area contributed by atoms with Gasteiger partial charge in [0.15, 0.2) is 11.6 Å². The molecule has 0 aliphatic heterocycles. The van der Waals surface area contributed by atoms with Gasteiger partial charge in [0.2, 0.25) is 0 Å². The molecule has 0 saturated heterocycles. The van der Waals surface area contributed by atoms with Gasteiger partial charge >= 0.3 is 0 Å². The molecule has 3 saturated carbocycles. The molecule has 2 heteroatoms. The van der Waals surface area contributed by atoms with Crippen LogP contribution in [0.4, 0.5) is 0 Å². The van der Waals surface area contributed by atoms with E-state index in [9.17, 15) is 9.59 Å². The molecule has 4 rings (SSSR count). The summed E-state index contributed by atoms with van der Waals surface area (Å²) in [6.07, 6.45) is 15.5. The molecule has 0 unspecified atom stereocenters. The molecule has 3 fully saturated rings. The van der Waals surface area contributed by atoms with E-state index in [4.69, 9.17) is 0 Å². The van der Waals surface area contributed by atoms with Crippen LogP contribution in [-0.4, -0.2) is 11.6 Å². The number of carbonyl (C=O) groups is 2. The van der Waals surface area contributed by atoms with E-state index in [-0.39, 0.29) is 11.2 Å². The van der Waals surface area contributed by atoms with Gasteiger partial charge in [0, 0.05) is 6.42 Å². The molecule has 27 heavy (non-hydrogen) atoms. The smallest absolute Gasteiger partial charge is 0.155 e. The summed E-state index contributed by atoms with van der Waals surface area (Å²) >= 11 is 0. The van der Waals surface area contributed by atoms with Crippen LogP contribution in [0.1, 0.15) is 79.1 Å². The Morgan fingerprint density at radius 1 is 1.11 bits per heavy atom. The third kappa shape index (κ3) is 2.98. The van der Waals surface area contributed by atoms with Crippen LogP contribution in [0.3, 0.4) is 0 Å². The summed E-state index contributed by atoms with van der Waals surface area (Å²) < 4.78 is 0. The Morgan fingerprint density at radius 3 is 2.63 bits per heavy atom. The van der Waals surface area contributed by atoms with Crippen molar-refractivity contribution < 1.29 is 9.59 Å². The summed E-state index contributed by atoms with van der Waals surface area (Å²) in [5.41, 5.74) is 2.16. The topological polar surface area (TPSA) is 34.1 Å². The second-order valence-electron chi connectivity index (χ2n) is 10.5. The van der Waals surface area contributed by atoms with E-state index in [1.165, 1.54) is 37.7 Å². The normalized spacial score (nSPS) is 45.0. The molecule has 0 radical (unpaired) electrons. The van der Waals surface area contributed by atoms with E-state index in [0.29, 0.717) is 23.0 Å². The highest BCUT2D eigenvalue weighted by molar-refractivity contribution is 5.91. The van der Waals surface area contributed by atoms with Crippen LogP contribution in [0, 0.1) is 40.4 Å². The van der Waals surface area contributed by atoms with Gasteiger partial charge < -0.3 is 0 Å². The molecule has 2 nitrogen and oxygen atoms in total. The number of allylic oxidation sites excluding steroid dienone is 3. The van der Waals surface area contributed by atoms with Crippen molar-refractivity contribution in [1.82, 2.24) is 0 Å². The molecule has 0 bridgehead atoms. The van der Waals surface area contributed by atoms with Gasteiger partial charge in [0.25, 0.3) is 0 Å². The second-order valence-corrected chi connectivity index (χ2v) is 10.5. The number of ketones is 2. The highest BCUT2D eigenvalue weighted by Crippen LogP contribution is 2.67. The fourth-order valence-electron chi connectivity index (χ4n) is 7.88. The summed E-state index contributed by atoms with van der Waals surface area (Å²) in [4.78, 5) is 23.4. The van der Waals surface area contributed by atoms with Gasteiger partial charge in [0.05, 0.1) is 0 Å². The molecular formula is C25H36O2. The van der Waals surface area contributed by atoms with Crippen molar-refractivity contribution in [2.45, 2.75) is 79.1 Å². The molecular weight excluding hydrogens is 332 g/mol. The van der Waals surface area contributed by atoms with Crippen molar-refractivity contribution in [3.8, 4) is 0 Å². The third-order valence-electron chi connectivity index (χ3n) is 9.30. The average molecular weight is 369 g/mol. The summed E-state index contributed by atoms with van der Waals surface area (Å²) in [7, 11) is 0. The van der Waals surface area contributed by atoms with E-state index < -0.39 is 0 Å². The van der Waals surface area contributed by atoms with Gasteiger partial charge in [-0.2, -0.15) is 0 Å². The van der Waals surface area contributed by atoms with Crippen LogP contribution in [0.2, 0.25) is 0 Å². The first-order valence-electron chi connectivity index (χ1n) is 11.2. The summed E-state index contributed by atoms with van der Waals surface area (Å²) in [6, 6.07) is 0. The quantitative estimate of drug-likeness (QED) is 0.580. The molecule has 4 aliphatic carbocycles. The minimum Gasteiger partial charge on any atom is -0.295 e. The molecule has 0 amide bonds. The van der Waals surface area contributed by atoms with E-state index in [1.807, 2.05) is 6.08 Å². The first kappa shape index (κ1) is 19.2. The molecule has 148 valence electrons. The first-order valence-corrected chi connectivity index (χ1v) is 11.2. The highest BCUT2D eigenvalue weighted by atomic mass is 16.1. The van der Waals surface area contributed by atoms with Crippen molar-refractivity contribution in [1.29, 1.82) is 0 Å². The largest absolute Gasteiger partial charge is 0.295 e. The molecule has 0 aromatic rings. The Hall–Kier alpha value is -1.18. The van der Waals surface area contributed by atoms with E-state index in [2.05, 4.69) is 26.8 Å². The molecule has 7 atom stereocenters. The minimum absolute atomic E-state index is 0.164.